The summed E-state index contributed by atoms with van der Waals surface area (Å²) >= 11 is 2.46. The average Bonchev–Trinajstić information content (AvgIpc) is 2.86. The number of nitrogens with one attached hydrogen (secondary N) is 1. The monoisotopic (exact) mass is 381 g/mol. The quantitative estimate of drug-likeness (QED) is 0.705. The van der Waals surface area contributed by atoms with Crippen LogP contribution in [0, 0.1) is 25.5 Å². The Kier molecular flexibility index (Phi) is 4.87. The Morgan fingerprint density at radius 2 is 2.08 bits per heavy atom. The maximum Gasteiger partial charge on any atom is 0.281 e. The van der Waals surface area contributed by atoms with Crippen LogP contribution in [0.15, 0.2) is 34.2 Å². The predicted molar refractivity (Wildman–Crippen MR) is 94.8 cm³/mol. The van der Waals surface area contributed by atoms with Gasteiger partial charge in [0.2, 0.25) is 5.91 Å². The molecule has 0 bridgehead atoms. The summed E-state index contributed by atoms with van der Waals surface area (Å²) in [6.07, 6.45) is 1.26. The van der Waals surface area contributed by atoms with E-state index in [1.807, 2.05) is 13.8 Å². The van der Waals surface area contributed by atoms with Gasteiger partial charge in [-0.05, 0) is 37.6 Å². The van der Waals surface area contributed by atoms with Gasteiger partial charge in [0.05, 0.1) is 11.1 Å². The van der Waals surface area contributed by atoms with Crippen molar-refractivity contribution in [2.24, 2.45) is 0 Å². The first-order valence-electron chi connectivity index (χ1n) is 7.22. The Morgan fingerprint density at radius 1 is 1.32 bits per heavy atom. The number of carbonyl (C=O) groups is 1. The van der Waals surface area contributed by atoms with Crippen LogP contribution in [0.1, 0.15) is 10.4 Å². The van der Waals surface area contributed by atoms with E-state index in [1.54, 1.807) is 0 Å². The van der Waals surface area contributed by atoms with E-state index in [-0.39, 0.29) is 11.3 Å². The zero-order chi connectivity index (χ0) is 18.1. The Hall–Kier alpha value is -2.26. The number of benzene rings is 1. The van der Waals surface area contributed by atoms with Crippen LogP contribution in [0.4, 0.5) is 8.78 Å². The number of nitrogens with zero attached hydrogens (tertiary/aromatic N) is 2. The van der Waals surface area contributed by atoms with E-state index < -0.39 is 17.5 Å². The Balaban J connectivity index is 1.73. The molecule has 1 N–H and O–H groups in total. The van der Waals surface area contributed by atoms with Gasteiger partial charge in [-0.3, -0.25) is 15.0 Å². The van der Waals surface area contributed by atoms with E-state index in [0.717, 1.165) is 39.0 Å². The predicted octanol–water partition coefficient (Wildman–Crippen LogP) is 3.22. The lowest BCUT2D eigenvalue weighted by Gasteiger charge is -2.08. The van der Waals surface area contributed by atoms with Crippen molar-refractivity contribution in [3.63, 3.8) is 0 Å². The van der Waals surface area contributed by atoms with Gasteiger partial charge in [-0.1, -0.05) is 0 Å². The van der Waals surface area contributed by atoms with Crippen molar-refractivity contribution in [1.82, 2.24) is 9.66 Å². The summed E-state index contributed by atoms with van der Waals surface area (Å²) < 4.78 is 27.1. The minimum absolute atomic E-state index is 0.0583. The molecule has 130 valence electrons. The molecule has 3 aromatic rings. The fourth-order valence-electron chi connectivity index (χ4n) is 2.20. The number of fused-ring (bicyclic) bond motifs is 1. The van der Waals surface area contributed by atoms with Crippen LogP contribution in [0.25, 0.3) is 10.2 Å². The number of carbonyl (C=O) groups excluding carboxylic acids is 1. The molecule has 9 heteroatoms. The third-order valence-electron chi connectivity index (χ3n) is 3.60. The van der Waals surface area contributed by atoms with Gasteiger partial charge in [-0.25, -0.2) is 18.4 Å². The van der Waals surface area contributed by atoms with Crippen molar-refractivity contribution in [3.05, 3.63) is 57.0 Å². The fourth-order valence-corrected chi connectivity index (χ4v) is 3.90. The van der Waals surface area contributed by atoms with Crippen molar-refractivity contribution in [1.29, 1.82) is 0 Å². The fraction of sp³-hybridized carbons (Fsp3) is 0.188. The molecule has 1 aromatic carbocycles. The average molecular weight is 381 g/mol. The van der Waals surface area contributed by atoms with Crippen molar-refractivity contribution in [2.45, 2.75) is 18.7 Å². The van der Waals surface area contributed by atoms with Crippen LogP contribution in [0.5, 0.6) is 0 Å². The van der Waals surface area contributed by atoms with E-state index in [2.05, 4.69) is 10.4 Å². The summed E-state index contributed by atoms with van der Waals surface area (Å²) in [5, 5.41) is 0.485. The molecule has 2 aromatic heterocycles. The van der Waals surface area contributed by atoms with E-state index in [9.17, 15) is 18.4 Å². The Morgan fingerprint density at radius 3 is 2.80 bits per heavy atom. The van der Waals surface area contributed by atoms with E-state index in [0.29, 0.717) is 15.1 Å². The molecular weight excluding hydrogens is 368 g/mol. The highest BCUT2D eigenvalue weighted by molar-refractivity contribution is 8.00. The molecule has 0 spiro atoms. The minimum Gasteiger partial charge on any atom is -0.272 e. The first-order valence-corrected chi connectivity index (χ1v) is 9.02. The summed E-state index contributed by atoms with van der Waals surface area (Å²) in [6, 6.07) is 3.40. The Bertz CT molecular complexity index is 1030. The molecule has 1 amide bonds. The van der Waals surface area contributed by atoms with Crippen molar-refractivity contribution >= 4 is 39.2 Å². The standard InChI is InChI=1S/C16H13F2N3O2S2/c1-8-9(2)25-15-14(8)16(23)21(7-19-15)20-13(22)6-24-10-3-4-11(17)12(18)5-10/h3-5,7H,6H2,1-2H3,(H,20,22). The number of amides is 1. The van der Waals surface area contributed by atoms with Gasteiger partial charge in [0, 0.05) is 9.77 Å². The van der Waals surface area contributed by atoms with Gasteiger partial charge in [0.25, 0.3) is 5.56 Å². The van der Waals surface area contributed by atoms with Crippen molar-refractivity contribution in [2.75, 3.05) is 11.2 Å². The number of halogens is 2. The second-order valence-electron chi connectivity index (χ2n) is 5.28. The lowest BCUT2D eigenvalue weighted by atomic mass is 10.2. The molecule has 3 rings (SSSR count). The van der Waals surface area contributed by atoms with Gasteiger partial charge in [-0.15, -0.1) is 23.1 Å². The maximum absolute atomic E-state index is 13.1. The second kappa shape index (κ2) is 6.93. The number of hydrogen-bond acceptors (Lipinski definition) is 5. The first-order chi connectivity index (χ1) is 11.9. The number of rotatable bonds is 4. The lowest BCUT2D eigenvalue weighted by molar-refractivity contribution is -0.114. The molecular formula is C16H13F2N3O2S2. The number of hydrogen-bond donors (Lipinski definition) is 1. The SMILES string of the molecule is Cc1sc2ncn(NC(=O)CSc3ccc(F)c(F)c3)c(=O)c2c1C. The molecule has 0 radical (unpaired) electrons. The molecule has 0 saturated carbocycles. The van der Waals surface area contributed by atoms with Gasteiger partial charge in [0.1, 0.15) is 11.2 Å². The molecule has 2 heterocycles. The highest BCUT2D eigenvalue weighted by Crippen LogP contribution is 2.25. The molecule has 25 heavy (non-hydrogen) atoms. The maximum atomic E-state index is 13.1. The van der Waals surface area contributed by atoms with Gasteiger partial charge < -0.3 is 0 Å². The van der Waals surface area contributed by atoms with E-state index in [4.69, 9.17) is 0 Å². The van der Waals surface area contributed by atoms with Crippen LogP contribution in [-0.4, -0.2) is 21.3 Å². The third-order valence-corrected chi connectivity index (χ3v) is 5.71. The van der Waals surface area contributed by atoms with Gasteiger partial charge in [-0.2, -0.15) is 0 Å². The van der Waals surface area contributed by atoms with E-state index >= 15 is 0 Å². The van der Waals surface area contributed by atoms with Crippen LogP contribution in [0.3, 0.4) is 0 Å². The summed E-state index contributed by atoms with van der Waals surface area (Å²) in [7, 11) is 0. The third kappa shape index (κ3) is 3.57. The summed E-state index contributed by atoms with van der Waals surface area (Å²) in [4.78, 5) is 30.7. The summed E-state index contributed by atoms with van der Waals surface area (Å²) in [5.41, 5.74) is 2.95. The number of aromatic nitrogens is 2. The Labute approximate surface area is 149 Å². The van der Waals surface area contributed by atoms with Crippen LogP contribution in [0.2, 0.25) is 0 Å². The molecule has 0 atom stereocenters. The topological polar surface area (TPSA) is 64.0 Å². The zero-order valence-corrected chi connectivity index (χ0v) is 14.9. The van der Waals surface area contributed by atoms with Crippen molar-refractivity contribution < 1.29 is 13.6 Å². The zero-order valence-electron chi connectivity index (χ0n) is 13.3. The lowest BCUT2D eigenvalue weighted by Crippen LogP contribution is -2.34. The van der Waals surface area contributed by atoms with Crippen LogP contribution in [-0.2, 0) is 4.79 Å². The largest absolute Gasteiger partial charge is 0.281 e. The molecule has 0 aliphatic rings. The molecule has 0 aliphatic carbocycles. The minimum atomic E-state index is -0.973. The number of thiophene rings is 1. The highest BCUT2D eigenvalue weighted by Gasteiger charge is 2.13. The molecule has 0 unspecified atom stereocenters. The van der Waals surface area contributed by atoms with Gasteiger partial charge in [0.15, 0.2) is 11.6 Å². The van der Waals surface area contributed by atoms with Gasteiger partial charge >= 0.3 is 0 Å². The smallest absolute Gasteiger partial charge is 0.272 e. The highest BCUT2D eigenvalue weighted by atomic mass is 32.2. The second-order valence-corrected chi connectivity index (χ2v) is 7.53. The van der Waals surface area contributed by atoms with Crippen molar-refractivity contribution in [3.8, 4) is 0 Å². The number of aryl methyl sites for hydroxylation is 2. The summed E-state index contributed by atoms with van der Waals surface area (Å²) in [6.45, 7) is 3.74. The van der Waals surface area contributed by atoms with Crippen LogP contribution >= 0.6 is 23.1 Å². The molecule has 0 aliphatic heterocycles. The molecule has 0 fully saturated rings. The molecule has 5 nitrogen and oxygen atoms in total. The normalized spacial score (nSPS) is 11.0. The summed E-state index contributed by atoms with van der Waals surface area (Å²) in [5.74, 6) is -2.43. The molecule has 0 saturated heterocycles. The van der Waals surface area contributed by atoms with Crippen LogP contribution < -0.4 is 11.0 Å². The van der Waals surface area contributed by atoms with E-state index in [1.165, 1.54) is 23.7 Å². The first kappa shape index (κ1) is 17.6. The number of thioether (sulfide) groups is 1.